The lowest BCUT2D eigenvalue weighted by atomic mass is 10.2. The van der Waals surface area contributed by atoms with Gasteiger partial charge in [0.2, 0.25) is 0 Å². The van der Waals surface area contributed by atoms with Crippen molar-refractivity contribution in [1.82, 2.24) is 15.5 Å². The Labute approximate surface area is 142 Å². The number of anilines is 1. The number of ether oxygens (including phenoxy) is 1. The summed E-state index contributed by atoms with van der Waals surface area (Å²) in [7, 11) is 1.64. The number of hydrogen-bond acceptors (Lipinski definition) is 5. The first kappa shape index (κ1) is 17.9. The summed E-state index contributed by atoms with van der Waals surface area (Å²) in [6.45, 7) is 4.82. The molecule has 24 heavy (non-hydrogen) atoms. The van der Waals surface area contributed by atoms with Gasteiger partial charge in [0.1, 0.15) is 0 Å². The molecule has 0 bridgehead atoms. The van der Waals surface area contributed by atoms with Crippen LogP contribution < -0.4 is 10.2 Å². The molecule has 0 atom stereocenters. The third-order valence-corrected chi connectivity index (χ3v) is 3.62. The number of rotatable bonds is 9. The third kappa shape index (κ3) is 5.31. The van der Waals surface area contributed by atoms with E-state index in [2.05, 4.69) is 39.5 Å². The fourth-order valence-corrected chi connectivity index (χ4v) is 2.28. The van der Waals surface area contributed by atoms with Crippen LogP contribution in [-0.4, -0.2) is 42.9 Å². The van der Waals surface area contributed by atoms with E-state index in [0.29, 0.717) is 18.8 Å². The van der Waals surface area contributed by atoms with Gasteiger partial charge in [-0.15, -0.1) is 10.2 Å². The van der Waals surface area contributed by atoms with Crippen molar-refractivity contribution in [1.29, 1.82) is 0 Å². The topological polar surface area (TPSA) is 67.4 Å². The predicted octanol–water partition coefficient (Wildman–Crippen LogP) is 2.27. The Kier molecular flexibility index (Phi) is 7.17. The number of amides is 1. The Morgan fingerprint density at radius 2 is 1.96 bits per heavy atom. The third-order valence-electron chi connectivity index (χ3n) is 3.62. The van der Waals surface area contributed by atoms with Crippen molar-refractivity contribution in [3.05, 3.63) is 53.7 Å². The standard InChI is InChI=1S/C18H24N4O2/c1-3-22(14-15-8-5-4-6-9-15)17-11-10-16(20-21-17)18(23)19-12-7-13-24-2/h4-6,8-11H,3,7,12-14H2,1-2H3,(H,19,23). The Hall–Kier alpha value is -2.47. The minimum Gasteiger partial charge on any atom is -0.385 e. The van der Waals surface area contributed by atoms with E-state index in [0.717, 1.165) is 25.3 Å². The summed E-state index contributed by atoms with van der Waals surface area (Å²) in [5.41, 5.74) is 1.54. The lowest BCUT2D eigenvalue weighted by molar-refractivity contribution is 0.0942. The van der Waals surface area contributed by atoms with E-state index in [-0.39, 0.29) is 5.91 Å². The van der Waals surface area contributed by atoms with Crippen molar-refractivity contribution in [2.24, 2.45) is 0 Å². The number of benzene rings is 1. The van der Waals surface area contributed by atoms with Crippen molar-refractivity contribution in [3.8, 4) is 0 Å². The first-order chi connectivity index (χ1) is 11.7. The first-order valence-corrected chi connectivity index (χ1v) is 8.14. The molecule has 6 nitrogen and oxygen atoms in total. The van der Waals surface area contributed by atoms with Crippen LogP contribution in [0.1, 0.15) is 29.4 Å². The van der Waals surface area contributed by atoms with Gasteiger partial charge in [0, 0.05) is 33.4 Å². The average molecular weight is 328 g/mol. The van der Waals surface area contributed by atoms with E-state index >= 15 is 0 Å². The molecule has 0 aliphatic rings. The van der Waals surface area contributed by atoms with Gasteiger partial charge >= 0.3 is 0 Å². The molecule has 0 unspecified atom stereocenters. The van der Waals surface area contributed by atoms with Gasteiger partial charge in [-0.3, -0.25) is 4.79 Å². The number of nitrogens with one attached hydrogen (secondary N) is 1. The zero-order valence-corrected chi connectivity index (χ0v) is 14.2. The Morgan fingerprint density at radius 3 is 2.58 bits per heavy atom. The molecule has 0 radical (unpaired) electrons. The molecule has 1 N–H and O–H groups in total. The highest BCUT2D eigenvalue weighted by molar-refractivity contribution is 5.92. The van der Waals surface area contributed by atoms with Gasteiger partial charge in [-0.1, -0.05) is 30.3 Å². The van der Waals surface area contributed by atoms with Crippen molar-refractivity contribution >= 4 is 11.7 Å². The Morgan fingerprint density at radius 1 is 1.17 bits per heavy atom. The highest BCUT2D eigenvalue weighted by Crippen LogP contribution is 2.13. The van der Waals surface area contributed by atoms with Crippen LogP contribution in [0.15, 0.2) is 42.5 Å². The molecule has 1 aromatic heterocycles. The molecule has 2 rings (SSSR count). The minimum absolute atomic E-state index is 0.212. The fraction of sp³-hybridized carbons (Fsp3) is 0.389. The van der Waals surface area contributed by atoms with Crippen molar-refractivity contribution in [2.45, 2.75) is 19.9 Å². The van der Waals surface area contributed by atoms with Gasteiger partial charge in [-0.2, -0.15) is 0 Å². The van der Waals surface area contributed by atoms with Crippen LogP contribution >= 0.6 is 0 Å². The first-order valence-electron chi connectivity index (χ1n) is 8.14. The number of hydrogen-bond donors (Lipinski definition) is 1. The second kappa shape index (κ2) is 9.62. The normalized spacial score (nSPS) is 10.4. The van der Waals surface area contributed by atoms with E-state index in [1.54, 1.807) is 13.2 Å². The molecule has 128 valence electrons. The molecule has 1 amide bonds. The maximum atomic E-state index is 12.0. The van der Waals surface area contributed by atoms with Crippen LogP contribution in [0.2, 0.25) is 0 Å². The zero-order chi connectivity index (χ0) is 17.2. The van der Waals surface area contributed by atoms with Crippen LogP contribution in [0.25, 0.3) is 0 Å². The minimum atomic E-state index is -0.212. The smallest absolute Gasteiger partial charge is 0.271 e. The maximum Gasteiger partial charge on any atom is 0.271 e. The lowest BCUT2D eigenvalue weighted by Crippen LogP contribution is -2.27. The molecule has 0 saturated carbocycles. The molecular formula is C18H24N4O2. The molecule has 0 saturated heterocycles. The second-order valence-corrected chi connectivity index (χ2v) is 5.38. The van der Waals surface area contributed by atoms with Crippen molar-refractivity contribution in [2.75, 3.05) is 31.7 Å². The highest BCUT2D eigenvalue weighted by Gasteiger charge is 2.11. The second-order valence-electron chi connectivity index (χ2n) is 5.38. The number of nitrogens with zero attached hydrogens (tertiary/aromatic N) is 3. The molecule has 0 aliphatic carbocycles. The molecular weight excluding hydrogens is 304 g/mol. The van der Waals surface area contributed by atoms with Gasteiger partial charge in [-0.05, 0) is 31.0 Å². The molecule has 6 heteroatoms. The molecule has 0 fully saturated rings. The Bertz CT molecular complexity index is 617. The molecule has 1 aromatic carbocycles. The summed E-state index contributed by atoms with van der Waals surface area (Å²) in [5, 5.41) is 11.1. The van der Waals surface area contributed by atoms with Gasteiger partial charge in [0.15, 0.2) is 11.5 Å². The van der Waals surface area contributed by atoms with Crippen LogP contribution in [0.4, 0.5) is 5.82 Å². The van der Waals surface area contributed by atoms with Gasteiger partial charge < -0.3 is 15.0 Å². The Balaban J connectivity index is 1.95. The number of aromatic nitrogens is 2. The number of carbonyl (C=O) groups excluding carboxylic acids is 1. The zero-order valence-electron chi connectivity index (χ0n) is 14.2. The van der Waals surface area contributed by atoms with Crippen LogP contribution in [0, 0.1) is 0 Å². The SMILES string of the molecule is CCN(Cc1ccccc1)c1ccc(C(=O)NCCCOC)nn1. The van der Waals surface area contributed by atoms with Gasteiger partial charge in [0.05, 0.1) is 0 Å². The van der Waals surface area contributed by atoms with Crippen LogP contribution in [-0.2, 0) is 11.3 Å². The molecule has 0 spiro atoms. The average Bonchev–Trinajstić information content (AvgIpc) is 2.64. The van der Waals surface area contributed by atoms with Crippen molar-refractivity contribution in [3.63, 3.8) is 0 Å². The summed E-state index contributed by atoms with van der Waals surface area (Å²) in [6.07, 6.45) is 0.772. The summed E-state index contributed by atoms with van der Waals surface area (Å²) in [6, 6.07) is 13.7. The van der Waals surface area contributed by atoms with Crippen LogP contribution in [0.3, 0.4) is 0 Å². The summed E-state index contributed by atoms with van der Waals surface area (Å²) >= 11 is 0. The predicted molar refractivity (Wildman–Crippen MR) is 94.0 cm³/mol. The molecule has 1 heterocycles. The number of methoxy groups -OCH3 is 1. The molecule has 2 aromatic rings. The van der Waals surface area contributed by atoms with E-state index in [9.17, 15) is 4.79 Å². The van der Waals surface area contributed by atoms with Gasteiger partial charge in [-0.25, -0.2) is 0 Å². The van der Waals surface area contributed by atoms with E-state index < -0.39 is 0 Å². The van der Waals surface area contributed by atoms with Crippen molar-refractivity contribution < 1.29 is 9.53 Å². The van der Waals surface area contributed by atoms with E-state index in [1.807, 2.05) is 24.3 Å². The quantitative estimate of drug-likeness (QED) is 0.715. The lowest BCUT2D eigenvalue weighted by Gasteiger charge is -2.21. The van der Waals surface area contributed by atoms with E-state index in [1.165, 1.54) is 5.56 Å². The summed E-state index contributed by atoms with van der Waals surface area (Å²) < 4.78 is 4.95. The summed E-state index contributed by atoms with van der Waals surface area (Å²) in [5.74, 6) is 0.550. The highest BCUT2D eigenvalue weighted by atomic mass is 16.5. The van der Waals surface area contributed by atoms with Gasteiger partial charge in [0.25, 0.3) is 5.91 Å². The maximum absolute atomic E-state index is 12.0. The summed E-state index contributed by atoms with van der Waals surface area (Å²) in [4.78, 5) is 14.1. The monoisotopic (exact) mass is 328 g/mol. The van der Waals surface area contributed by atoms with Crippen LogP contribution in [0.5, 0.6) is 0 Å². The largest absolute Gasteiger partial charge is 0.385 e. The molecule has 0 aliphatic heterocycles. The number of carbonyl (C=O) groups is 1. The fourth-order valence-electron chi connectivity index (χ4n) is 2.28. The van der Waals surface area contributed by atoms with E-state index in [4.69, 9.17) is 4.74 Å².